The molecule has 5 atom stereocenters. The maximum atomic E-state index is 11.2. The molecule has 1 aromatic carbocycles. The summed E-state index contributed by atoms with van der Waals surface area (Å²) in [7, 11) is 0. The Kier molecular flexibility index (Phi) is 4.28. The van der Waals surface area contributed by atoms with E-state index in [0.717, 1.165) is 12.8 Å². The van der Waals surface area contributed by atoms with Gasteiger partial charge < -0.3 is 25.8 Å². The normalized spacial score (nSPS) is 31.8. The summed E-state index contributed by atoms with van der Waals surface area (Å²) in [4.78, 5) is 12.6. The molecule has 1 unspecified atom stereocenters. The third kappa shape index (κ3) is 2.58. The van der Waals surface area contributed by atoms with Crippen molar-refractivity contribution in [3.8, 4) is 0 Å². The van der Waals surface area contributed by atoms with E-state index in [1.807, 2.05) is 12.1 Å². The Morgan fingerprint density at radius 2 is 1.97 bits per heavy atom. The maximum Gasteiger partial charge on any atom is 0.179 e. The summed E-state index contributed by atoms with van der Waals surface area (Å²) in [6.45, 7) is -0.410. The first-order valence-electron chi connectivity index (χ1n) is 9.72. The summed E-state index contributed by atoms with van der Waals surface area (Å²) in [6.07, 6.45) is 1.63. The first-order valence-corrected chi connectivity index (χ1v) is 9.72. The number of nitrogen functional groups attached to an aromatic ring is 1. The molecule has 0 saturated carbocycles. The molecule has 1 saturated heterocycles. The molecule has 9 nitrogen and oxygen atoms in total. The van der Waals surface area contributed by atoms with Crippen LogP contribution in [0.15, 0.2) is 36.9 Å². The molecule has 2 aliphatic rings. The highest BCUT2D eigenvalue weighted by Gasteiger charge is 2.60. The van der Waals surface area contributed by atoms with Gasteiger partial charge in [0.05, 0.1) is 12.9 Å². The first kappa shape index (κ1) is 18.4. The number of aliphatic hydroxyl groups is 3. The summed E-state index contributed by atoms with van der Waals surface area (Å²) in [5.74, 6) is 0.0526. The van der Waals surface area contributed by atoms with E-state index in [-0.39, 0.29) is 11.7 Å². The van der Waals surface area contributed by atoms with E-state index >= 15 is 0 Å². The van der Waals surface area contributed by atoms with Crippen LogP contribution >= 0.6 is 0 Å². The van der Waals surface area contributed by atoms with Gasteiger partial charge in [0.2, 0.25) is 0 Å². The number of aromatic nitrogens is 4. The average Bonchev–Trinajstić information content (AvgIpc) is 3.29. The number of aryl methyl sites for hydroxylation is 1. The lowest BCUT2D eigenvalue weighted by atomic mass is 9.76. The highest BCUT2D eigenvalue weighted by Crippen LogP contribution is 2.47. The van der Waals surface area contributed by atoms with E-state index in [2.05, 4.69) is 27.1 Å². The minimum Gasteiger partial charge on any atom is -0.394 e. The van der Waals surface area contributed by atoms with Crippen molar-refractivity contribution in [2.45, 2.75) is 43.3 Å². The van der Waals surface area contributed by atoms with Gasteiger partial charge in [0, 0.05) is 5.92 Å². The van der Waals surface area contributed by atoms with Gasteiger partial charge in [-0.15, -0.1) is 0 Å². The molecule has 152 valence electrons. The lowest BCUT2D eigenvalue weighted by Crippen LogP contribution is -2.52. The van der Waals surface area contributed by atoms with Crippen LogP contribution in [0.1, 0.15) is 17.5 Å². The van der Waals surface area contributed by atoms with Crippen LogP contribution in [-0.2, 0) is 23.3 Å². The Labute approximate surface area is 166 Å². The Balaban J connectivity index is 1.68. The van der Waals surface area contributed by atoms with E-state index in [1.165, 1.54) is 23.8 Å². The number of nitrogens with zero attached hydrogens (tertiary/aromatic N) is 4. The third-order valence-electron chi connectivity index (χ3n) is 6.32. The van der Waals surface area contributed by atoms with E-state index in [4.69, 9.17) is 10.5 Å². The molecule has 5 rings (SSSR count). The minimum absolute atomic E-state index is 0.174. The molecule has 3 heterocycles. The van der Waals surface area contributed by atoms with E-state index in [0.29, 0.717) is 17.6 Å². The molecule has 29 heavy (non-hydrogen) atoms. The van der Waals surface area contributed by atoms with Gasteiger partial charge in [0.1, 0.15) is 30.2 Å². The minimum atomic E-state index is -1.34. The number of anilines is 1. The van der Waals surface area contributed by atoms with Crippen LogP contribution in [0.2, 0.25) is 0 Å². The zero-order valence-electron chi connectivity index (χ0n) is 15.7. The van der Waals surface area contributed by atoms with Gasteiger partial charge in [-0.1, -0.05) is 24.3 Å². The van der Waals surface area contributed by atoms with Gasteiger partial charge in [-0.3, -0.25) is 4.57 Å². The number of rotatable bonds is 3. The van der Waals surface area contributed by atoms with Crippen molar-refractivity contribution < 1.29 is 20.1 Å². The van der Waals surface area contributed by atoms with E-state index in [9.17, 15) is 15.3 Å². The number of hydrogen-bond donors (Lipinski definition) is 4. The quantitative estimate of drug-likeness (QED) is 0.483. The second-order valence-electron chi connectivity index (χ2n) is 7.78. The van der Waals surface area contributed by atoms with Crippen LogP contribution in [-0.4, -0.2) is 59.8 Å². The smallest absolute Gasteiger partial charge is 0.179 e. The molecule has 3 aromatic rings. The maximum absolute atomic E-state index is 11.2. The average molecular weight is 397 g/mol. The Morgan fingerprint density at radius 3 is 2.72 bits per heavy atom. The largest absolute Gasteiger partial charge is 0.394 e. The molecule has 0 bridgehead atoms. The number of nitrogens with two attached hydrogens (primary N) is 1. The number of imidazole rings is 1. The topological polar surface area (TPSA) is 140 Å². The summed E-state index contributed by atoms with van der Waals surface area (Å²) in [6, 6.07) is 8.19. The molecule has 0 spiro atoms. The molecule has 0 radical (unpaired) electrons. The molecule has 1 aliphatic carbocycles. The zero-order chi connectivity index (χ0) is 20.2. The van der Waals surface area contributed by atoms with E-state index in [1.54, 1.807) is 4.57 Å². The molecule has 1 aliphatic heterocycles. The summed E-state index contributed by atoms with van der Waals surface area (Å²) in [5, 5.41) is 31.6. The van der Waals surface area contributed by atoms with Crippen LogP contribution in [0.5, 0.6) is 0 Å². The van der Waals surface area contributed by atoms with Gasteiger partial charge in [0.25, 0.3) is 0 Å². The van der Waals surface area contributed by atoms with Gasteiger partial charge in [-0.05, 0) is 30.4 Å². The monoisotopic (exact) mass is 397 g/mol. The second-order valence-corrected chi connectivity index (χ2v) is 7.78. The molecular formula is C20H23N5O4. The molecule has 9 heteroatoms. The van der Waals surface area contributed by atoms with E-state index < -0.39 is 30.6 Å². The van der Waals surface area contributed by atoms with Crippen molar-refractivity contribution in [2.24, 2.45) is 5.92 Å². The molecule has 5 N–H and O–H groups in total. The Hall–Kier alpha value is -2.59. The number of hydrogen-bond acceptors (Lipinski definition) is 8. The van der Waals surface area contributed by atoms with Gasteiger partial charge in [0.15, 0.2) is 17.2 Å². The number of aliphatic hydroxyl groups excluding tert-OH is 3. The van der Waals surface area contributed by atoms with Gasteiger partial charge in [-0.2, -0.15) is 0 Å². The SMILES string of the molecule is Nc1ncnc2c1ncn2[C@]1(C2CCc3ccccc3C2)O[C@H](CO)[C@@H](O)[C@H]1O. The third-order valence-corrected chi connectivity index (χ3v) is 6.32. The standard InChI is InChI=1S/C20H23N5O4/c21-18-15-19(23-9-22-18)25(10-24-15)20(17(28)16(27)14(8-26)29-20)13-6-5-11-3-1-2-4-12(11)7-13/h1-4,9-10,13-14,16-17,26-28H,5-8H2,(H2,21,22,23)/t13?,14-,16-,17-,20-/m1/s1. The van der Waals surface area contributed by atoms with Crippen LogP contribution in [0.3, 0.4) is 0 Å². The summed E-state index contributed by atoms with van der Waals surface area (Å²) >= 11 is 0. The number of benzene rings is 1. The van der Waals surface area contributed by atoms with Crippen molar-refractivity contribution >= 4 is 17.0 Å². The number of fused-ring (bicyclic) bond motifs is 2. The highest BCUT2D eigenvalue weighted by atomic mass is 16.6. The number of ether oxygens (including phenoxy) is 1. The summed E-state index contributed by atoms with van der Waals surface area (Å²) < 4.78 is 7.90. The molecule has 2 aromatic heterocycles. The predicted molar refractivity (Wildman–Crippen MR) is 104 cm³/mol. The second kappa shape index (κ2) is 6.74. The highest BCUT2D eigenvalue weighted by molar-refractivity contribution is 5.81. The van der Waals surface area contributed by atoms with Crippen molar-refractivity contribution in [3.63, 3.8) is 0 Å². The van der Waals surface area contributed by atoms with Crippen LogP contribution in [0.25, 0.3) is 11.2 Å². The molecule has 1 fully saturated rings. The van der Waals surface area contributed by atoms with Crippen LogP contribution in [0.4, 0.5) is 5.82 Å². The zero-order valence-corrected chi connectivity index (χ0v) is 15.7. The summed E-state index contributed by atoms with van der Waals surface area (Å²) in [5.41, 5.74) is 7.88. The fraction of sp³-hybridized carbons (Fsp3) is 0.450. The fourth-order valence-corrected chi connectivity index (χ4v) is 4.87. The van der Waals surface area contributed by atoms with Crippen LogP contribution < -0.4 is 5.73 Å². The van der Waals surface area contributed by atoms with Crippen molar-refractivity contribution in [1.82, 2.24) is 19.5 Å². The van der Waals surface area contributed by atoms with Gasteiger partial charge >= 0.3 is 0 Å². The Morgan fingerprint density at radius 1 is 1.17 bits per heavy atom. The first-order chi connectivity index (χ1) is 14.1. The lowest BCUT2D eigenvalue weighted by molar-refractivity contribution is -0.184. The van der Waals surface area contributed by atoms with Gasteiger partial charge in [-0.25, -0.2) is 15.0 Å². The van der Waals surface area contributed by atoms with Crippen LogP contribution in [0, 0.1) is 5.92 Å². The predicted octanol–water partition coefficient (Wildman–Crippen LogP) is -0.0207. The van der Waals surface area contributed by atoms with Crippen molar-refractivity contribution in [3.05, 3.63) is 48.0 Å². The molecule has 0 amide bonds. The Bertz CT molecular complexity index is 1060. The van der Waals surface area contributed by atoms with Crippen molar-refractivity contribution in [1.29, 1.82) is 0 Å². The van der Waals surface area contributed by atoms with Crippen molar-refractivity contribution in [2.75, 3.05) is 12.3 Å². The lowest BCUT2D eigenvalue weighted by Gasteiger charge is -2.42. The molecular weight excluding hydrogens is 374 g/mol. The fourth-order valence-electron chi connectivity index (χ4n) is 4.87.